The van der Waals surface area contributed by atoms with Crippen LogP contribution in [0.15, 0.2) is 30.5 Å². The molecule has 0 amide bonds. The standard InChI is InChI=1S/C12H13F3N2/c13-12(14,15)6-4-10(16)8-2-1-3-11-9(8)5-7-17-11/h1-3,5,7,10,17H,4,6,16H2/t10-/m1/s1. The normalized spacial score (nSPS) is 14.1. The molecule has 0 radical (unpaired) electrons. The van der Waals surface area contributed by atoms with Crippen LogP contribution in [0.25, 0.3) is 10.9 Å². The number of halogens is 3. The molecule has 0 fully saturated rings. The minimum absolute atomic E-state index is 0.0895. The third kappa shape index (κ3) is 2.79. The van der Waals surface area contributed by atoms with Gasteiger partial charge in [-0.25, -0.2) is 0 Å². The number of rotatable bonds is 3. The van der Waals surface area contributed by atoms with Gasteiger partial charge < -0.3 is 10.7 Å². The van der Waals surface area contributed by atoms with E-state index in [1.807, 2.05) is 12.1 Å². The summed E-state index contributed by atoms with van der Waals surface area (Å²) >= 11 is 0. The van der Waals surface area contributed by atoms with Gasteiger partial charge in [0.1, 0.15) is 0 Å². The molecule has 1 heterocycles. The fourth-order valence-corrected chi connectivity index (χ4v) is 1.91. The molecule has 92 valence electrons. The molecular weight excluding hydrogens is 229 g/mol. The number of nitrogens with two attached hydrogens (primary N) is 1. The Morgan fingerprint density at radius 1 is 1.24 bits per heavy atom. The van der Waals surface area contributed by atoms with E-state index in [9.17, 15) is 13.2 Å². The molecule has 0 aliphatic carbocycles. The Morgan fingerprint density at radius 3 is 2.71 bits per heavy atom. The highest BCUT2D eigenvalue weighted by Crippen LogP contribution is 2.29. The summed E-state index contributed by atoms with van der Waals surface area (Å²) in [4.78, 5) is 3.01. The highest BCUT2D eigenvalue weighted by molar-refractivity contribution is 5.83. The molecule has 1 atom stereocenters. The quantitative estimate of drug-likeness (QED) is 0.849. The molecule has 2 aromatic rings. The van der Waals surface area contributed by atoms with Crippen LogP contribution in [0.2, 0.25) is 0 Å². The number of hydrogen-bond donors (Lipinski definition) is 2. The number of nitrogens with one attached hydrogen (secondary N) is 1. The summed E-state index contributed by atoms with van der Waals surface area (Å²) in [6, 6.07) is 6.68. The van der Waals surface area contributed by atoms with Crippen LogP contribution in [0.4, 0.5) is 13.2 Å². The third-order valence-electron chi connectivity index (χ3n) is 2.77. The van der Waals surface area contributed by atoms with Crippen molar-refractivity contribution in [3.63, 3.8) is 0 Å². The van der Waals surface area contributed by atoms with E-state index in [1.54, 1.807) is 18.3 Å². The Morgan fingerprint density at radius 2 is 2.00 bits per heavy atom. The zero-order valence-corrected chi connectivity index (χ0v) is 9.09. The first-order valence-electron chi connectivity index (χ1n) is 5.36. The van der Waals surface area contributed by atoms with Crippen molar-refractivity contribution >= 4 is 10.9 Å². The van der Waals surface area contributed by atoms with Gasteiger partial charge >= 0.3 is 6.18 Å². The predicted molar refractivity (Wildman–Crippen MR) is 60.5 cm³/mol. The van der Waals surface area contributed by atoms with Crippen LogP contribution >= 0.6 is 0 Å². The van der Waals surface area contributed by atoms with Gasteiger partial charge in [0.25, 0.3) is 0 Å². The molecule has 2 rings (SSSR count). The monoisotopic (exact) mass is 242 g/mol. The zero-order valence-electron chi connectivity index (χ0n) is 9.09. The Balaban J connectivity index is 2.19. The van der Waals surface area contributed by atoms with E-state index in [1.165, 1.54) is 0 Å². The Labute approximate surface area is 96.6 Å². The van der Waals surface area contributed by atoms with Gasteiger partial charge in [0, 0.05) is 29.6 Å². The lowest BCUT2D eigenvalue weighted by atomic mass is 9.99. The average molecular weight is 242 g/mol. The second-order valence-electron chi connectivity index (χ2n) is 4.05. The van der Waals surface area contributed by atoms with Crippen molar-refractivity contribution in [2.75, 3.05) is 0 Å². The lowest BCUT2D eigenvalue weighted by Crippen LogP contribution is -2.15. The van der Waals surface area contributed by atoms with Gasteiger partial charge in [0.05, 0.1) is 0 Å². The summed E-state index contributed by atoms with van der Waals surface area (Å²) in [5, 5.41) is 0.891. The second-order valence-corrected chi connectivity index (χ2v) is 4.05. The lowest BCUT2D eigenvalue weighted by molar-refractivity contribution is -0.136. The molecule has 3 N–H and O–H groups in total. The molecule has 0 spiro atoms. The fourth-order valence-electron chi connectivity index (χ4n) is 1.91. The van der Waals surface area contributed by atoms with E-state index in [4.69, 9.17) is 5.73 Å². The summed E-state index contributed by atoms with van der Waals surface area (Å²) in [5.41, 5.74) is 7.46. The van der Waals surface area contributed by atoms with E-state index >= 15 is 0 Å². The van der Waals surface area contributed by atoms with Crippen molar-refractivity contribution in [3.8, 4) is 0 Å². The number of benzene rings is 1. The van der Waals surface area contributed by atoms with Gasteiger partial charge in [-0.3, -0.25) is 0 Å². The minimum atomic E-state index is -4.15. The summed E-state index contributed by atoms with van der Waals surface area (Å²) < 4.78 is 36.4. The number of hydrogen-bond acceptors (Lipinski definition) is 1. The predicted octanol–water partition coefficient (Wildman–Crippen LogP) is 3.51. The highest BCUT2D eigenvalue weighted by atomic mass is 19.4. The van der Waals surface area contributed by atoms with Crippen LogP contribution in [0.5, 0.6) is 0 Å². The Kier molecular flexibility index (Phi) is 3.11. The molecule has 0 bridgehead atoms. The number of aromatic amines is 1. The van der Waals surface area contributed by atoms with Gasteiger partial charge in [-0.2, -0.15) is 13.2 Å². The maximum atomic E-state index is 12.1. The molecule has 0 saturated heterocycles. The van der Waals surface area contributed by atoms with Crippen LogP contribution in [-0.4, -0.2) is 11.2 Å². The van der Waals surface area contributed by atoms with E-state index in [0.29, 0.717) is 0 Å². The SMILES string of the molecule is N[C@H](CCC(F)(F)F)c1cccc2[nH]ccc12. The Hall–Kier alpha value is -1.49. The zero-order chi connectivity index (χ0) is 12.5. The second kappa shape index (κ2) is 4.41. The minimum Gasteiger partial charge on any atom is -0.361 e. The third-order valence-corrected chi connectivity index (χ3v) is 2.77. The topological polar surface area (TPSA) is 41.8 Å². The van der Waals surface area contributed by atoms with E-state index in [-0.39, 0.29) is 6.42 Å². The highest BCUT2D eigenvalue weighted by Gasteiger charge is 2.28. The summed E-state index contributed by atoms with van der Waals surface area (Å²) in [6.07, 6.45) is -3.34. The average Bonchev–Trinajstić information content (AvgIpc) is 2.72. The molecule has 0 unspecified atom stereocenters. The van der Waals surface area contributed by atoms with E-state index in [2.05, 4.69) is 4.98 Å². The molecule has 1 aromatic heterocycles. The summed E-state index contributed by atoms with van der Waals surface area (Å²) in [6.45, 7) is 0. The van der Waals surface area contributed by atoms with Crippen molar-refractivity contribution in [2.45, 2.75) is 25.1 Å². The van der Waals surface area contributed by atoms with Crippen molar-refractivity contribution in [1.82, 2.24) is 4.98 Å². The number of fused-ring (bicyclic) bond motifs is 1. The summed E-state index contributed by atoms with van der Waals surface area (Å²) in [5.74, 6) is 0. The van der Waals surface area contributed by atoms with E-state index < -0.39 is 18.6 Å². The first-order valence-corrected chi connectivity index (χ1v) is 5.36. The first-order chi connectivity index (χ1) is 7.97. The molecular formula is C12H13F3N2. The van der Waals surface area contributed by atoms with Crippen LogP contribution < -0.4 is 5.73 Å². The van der Waals surface area contributed by atoms with Crippen LogP contribution in [0.1, 0.15) is 24.4 Å². The van der Waals surface area contributed by atoms with Crippen molar-refractivity contribution < 1.29 is 13.2 Å². The largest absolute Gasteiger partial charge is 0.389 e. The Bertz CT molecular complexity index is 502. The maximum Gasteiger partial charge on any atom is 0.389 e. The van der Waals surface area contributed by atoms with Gasteiger partial charge in [0.2, 0.25) is 0 Å². The molecule has 0 saturated carbocycles. The summed E-state index contributed by atoms with van der Waals surface area (Å²) in [7, 11) is 0. The first kappa shape index (κ1) is 12.0. The van der Waals surface area contributed by atoms with Crippen molar-refractivity contribution in [1.29, 1.82) is 0 Å². The van der Waals surface area contributed by atoms with Crippen molar-refractivity contribution in [2.24, 2.45) is 5.73 Å². The van der Waals surface area contributed by atoms with Crippen LogP contribution in [-0.2, 0) is 0 Å². The van der Waals surface area contributed by atoms with Crippen LogP contribution in [0, 0.1) is 0 Å². The van der Waals surface area contributed by atoms with E-state index in [0.717, 1.165) is 16.5 Å². The van der Waals surface area contributed by atoms with Crippen molar-refractivity contribution in [3.05, 3.63) is 36.0 Å². The van der Waals surface area contributed by atoms with Gasteiger partial charge in [0.15, 0.2) is 0 Å². The number of H-pyrrole nitrogens is 1. The molecule has 2 nitrogen and oxygen atoms in total. The maximum absolute atomic E-state index is 12.1. The molecule has 0 aliphatic heterocycles. The molecule has 5 heteroatoms. The lowest BCUT2D eigenvalue weighted by Gasteiger charge is -2.14. The van der Waals surface area contributed by atoms with Gasteiger partial charge in [-0.1, -0.05) is 12.1 Å². The van der Waals surface area contributed by atoms with Gasteiger partial charge in [-0.15, -0.1) is 0 Å². The number of alkyl halides is 3. The number of aromatic nitrogens is 1. The van der Waals surface area contributed by atoms with Crippen LogP contribution in [0.3, 0.4) is 0 Å². The molecule has 1 aromatic carbocycles. The smallest absolute Gasteiger partial charge is 0.361 e. The fraction of sp³-hybridized carbons (Fsp3) is 0.333. The van der Waals surface area contributed by atoms with Gasteiger partial charge in [-0.05, 0) is 24.1 Å². The molecule has 17 heavy (non-hydrogen) atoms. The molecule has 0 aliphatic rings.